The number of rotatable bonds is 0. The fraction of sp³-hybridized carbons (Fsp3) is 0.182. The van der Waals surface area contributed by atoms with Crippen molar-refractivity contribution in [2.24, 2.45) is 0 Å². The Morgan fingerprint density at radius 2 is 1.75 bits per heavy atom. The Morgan fingerprint density at radius 3 is 2.42 bits per heavy atom. The highest BCUT2D eigenvalue weighted by Crippen LogP contribution is 2.28. The van der Waals surface area contributed by atoms with Crippen molar-refractivity contribution in [1.82, 2.24) is 0 Å². The number of carbonyl (C=O) groups excluding carboxylic acids is 1. The maximum atomic E-state index is 11.4. The van der Waals surface area contributed by atoms with E-state index in [1.807, 2.05) is 24.3 Å². The fourth-order valence-electron chi connectivity index (χ4n) is 1.57. The number of carbonyl (C=O) groups is 1. The van der Waals surface area contributed by atoms with Gasteiger partial charge in [0.05, 0.1) is 0 Å². The van der Waals surface area contributed by atoms with Gasteiger partial charge in [-0.05, 0) is 17.6 Å². The number of ketones is 1. The first-order valence-electron chi connectivity index (χ1n) is 4.09. The highest BCUT2D eigenvalue weighted by atomic mass is 16.1. The third kappa shape index (κ3) is 0.981. The van der Waals surface area contributed by atoms with Crippen molar-refractivity contribution in [3.63, 3.8) is 0 Å². The first-order valence-corrected chi connectivity index (χ1v) is 4.09. The molecule has 1 aliphatic carbocycles. The van der Waals surface area contributed by atoms with Gasteiger partial charge < -0.3 is 0 Å². The van der Waals surface area contributed by atoms with Gasteiger partial charge in [0.1, 0.15) is 0 Å². The van der Waals surface area contributed by atoms with Crippen molar-refractivity contribution in [3.8, 4) is 0 Å². The van der Waals surface area contributed by atoms with Crippen LogP contribution in [0.1, 0.15) is 28.8 Å². The molecule has 0 aliphatic heterocycles. The lowest BCUT2D eigenvalue weighted by Gasteiger charge is -2.15. The van der Waals surface area contributed by atoms with Crippen LogP contribution in [0.15, 0.2) is 30.8 Å². The van der Waals surface area contributed by atoms with E-state index in [1.165, 1.54) is 0 Å². The lowest BCUT2D eigenvalue weighted by atomic mass is 9.87. The number of hydrogen-bond donors (Lipinski definition) is 0. The molecule has 0 amide bonds. The molecule has 0 spiro atoms. The average Bonchev–Trinajstić information content (AvgIpc) is 2.12. The highest BCUT2D eigenvalue weighted by Gasteiger charge is 2.18. The van der Waals surface area contributed by atoms with Crippen LogP contribution >= 0.6 is 0 Å². The lowest BCUT2D eigenvalue weighted by Crippen LogP contribution is -2.08. The van der Waals surface area contributed by atoms with E-state index < -0.39 is 0 Å². The first-order chi connectivity index (χ1) is 5.79. The molecule has 1 aromatic carbocycles. The van der Waals surface area contributed by atoms with Crippen molar-refractivity contribution in [2.75, 3.05) is 0 Å². The van der Waals surface area contributed by atoms with Gasteiger partial charge in [-0.1, -0.05) is 30.8 Å². The van der Waals surface area contributed by atoms with E-state index in [-0.39, 0.29) is 5.78 Å². The van der Waals surface area contributed by atoms with Crippen molar-refractivity contribution < 1.29 is 4.79 Å². The summed E-state index contributed by atoms with van der Waals surface area (Å²) in [5.41, 5.74) is 2.97. The van der Waals surface area contributed by atoms with Crippen molar-refractivity contribution in [2.45, 2.75) is 12.8 Å². The number of hydrogen-bond acceptors (Lipinski definition) is 1. The molecule has 0 N–H and O–H groups in total. The standard InChI is InChI=1S/C11H10O/c1-8-6-7-11(12)10-5-3-2-4-9(8)10/h2-5H,1,6-7H2. The van der Waals surface area contributed by atoms with Gasteiger partial charge in [-0.3, -0.25) is 4.79 Å². The van der Waals surface area contributed by atoms with E-state index in [0.717, 1.165) is 23.1 Å². The van der Waals surface area contributed by atoms with Gasteiger partial charge in [-0.2, -0.15) is 0 Å². The predicted octanol–water partition coefficient (Wildman–Crippen LogP) is 2.68. The van der Waals surface area contributed by atoms with Gasteiger partial charge >= 0.3 is 0 Å². The smallest absolute Gasteiger partial charge is 0.163 e. The van der Waals surface area contributed by atoms with Crippen molar-refractivity contribution >= 4 is 11.4 Å². The van der Waals surface area contributed by atoms with Crippen molar-refractivity contribution in [3.05, 3.63) is 42.0 Å². The van der Waals surface area contributed by atoms with Gasteiger partial charge in [0, 0.05) is 12.0 Å². The molecule has 1 aliphatic rings. The molecule has 1 nitrogen and oxygen atoms in total. The van der Waals surface area contributed by atoms with Gasteiger partial charge in [-0.25, -0.2) is 0 Å². The average molecular weight is 158 g/mol. The van der Waals surface area contributed by atoms with Crippen LogP contribution < -0.4 is 0 Å². The number of allylic oxidation sites excluding steroid dienone is 1. The minimum Gasteiger partial charge on any atom is -0.294 e. The Hall–Kier alpha value is -1.37. The quantitative estimate of drug-likeness (QED) is 0.567. The third-order valence-corrected chi connectivity index (χ3v) is 2.26. The SMILES string of the molecule is C=C1CCC(=O)c2ccccc21. The van der Waals surface area contributed by atoms with Crippen LogP contribution in [-0.4, -0.2) is 5.78 Å². The summed E-state index contributed by atoms with van der Waals surface area (Å²) >= 11 is 0. The van der Waals surface area contributed by atoms with E-state index in [2.05, 4.69) is 6.58 Å². The van der Waals surface area contributed by atoms with Crippen LogP contribution in [-0.2, 0) is 0 Å². The number of Topliss-reactive ketones (excluding diaryl/α,β-unsaturated/α-hetero) is 1. The molecular formula is C11H10O. The second-order valence-corrected chi connectivity index (χ2v) is 3.07. The topological polar surface area (TPSA) is 17.1 Å². The molecule has 60 valence electrons. The fourth-order valence-corrected chi connectivity index (χ4v) is 1.57. The van der Waals surface area contributed by atoms with Gasteiger partial charge in [0.25, 0.3) is 0 Å². The predicted molar refractivity (Wildman–Crippen MR) is 49.0 cm³/mol. The summed E-state index contributed by atoms with van der Waals surface area (Å²) in [6.07, 6.45) is 1.44. The normalized spacial score (nSPS) is 16.0. The van der Waals surface area contributed by atoms with E-state index in [0.29, 0.717) is 6.42 Å². The van der Waals surface area contributed by atoms with E-state index >= 15 is 0 Å². The van der Waals surface area contributed by atoms with E-state index in [9.17, 15) is 4.79 Å². The molecule has 0 radical (unpaired) electrons. The monoisotopic (exact) mass is 158 g/mol. The number of benzene rings is 1. The molecule has 0 unspecified atom stereocenters. The molecular weight excluding hydrogens is 148 g/mol. The summed E-state index contributed by atoms with van der Waals surface area (Å²) in [6.45, 7) is 3.94. The summed E-state index contributed by atoms with van der Waals surface area (Å²) in [6, 6.07) is 7.69. The maximum absolute atomic E-state index is 11.4. The summed E-state index contributed by atoms with van der Waals surface area (Å²) in [5, 5.41) is 0. The van der Waals surface area contributed by atoms with Crippen LogP contribution in [0.5, 0.6) is 0 Å². The van der Waals surface area contributed by atoms with Crippen LogP contribution in [0.2, 0.25) is 0 Å². The lowest BCUT2D eigenvalue weighted by molar-refractivity contribution is 0.0981. The Labute approximate surface area is 71.7 Å². The van der Waals surface area contributed by atoms with Crippen molar-refractivity contribution in [1.29, 1.82) is 0 Å². The molecule has 0 fully saturated rings. The van der Waals surface area contributed by atoms with E-state index in [4.69, 9.17) is 0 Å². The Bertz CT molecular complexity index is 315. The van der Waals surface area contributed by atoms with Gasteiger partial charge in [-0.15, -0.1) is 0 Å². The molecule has 0 saturated heterocycles. The minimum absolute atomic E-state index is 0.248. The van der Waals surface area contributed by atoms with E-state index in [1.54, 1.807) is 0 Å². The molecule has 0 heterocycles. The molecule has 0 atom stereocenters. The second-order valence-electron chi connectivity index (χ2n) is 3.07. The first kappa shape index (κ1) is 7.29. The van der Waals surface area contributed by atoms with Crippen LogP contribution in [0.3, 0.4) is 0 Å². The maximum Gasteiger partial charge on any atom is 0.163 e. The number of fused-ring (bicyclic) bond motifs is 1. The van der Waals surface area contributed by atoms with Gasteiger partial charge in [0.15, 0.2) is 5.78 Å². The Balaban J connectivity index is 2.62. The minimum atomic E-state index is 0.248. The molecule has 0 aromatic heterocycles. The zero-order valence-electron chi connectivity index (χ0n) is 6.84. The molecule has 0 bridgehead atoms. The highest BCUT2D eigenvalue weighted by molar-refractivity contribution is 6.03. The molecule has 12 heavy (non-hydrogen) atoms. The molecule has 1 heteroatoms. The van der Waals surface area contributed by atoms with Gasteiger partial charge in [0.2, 0.25) is 0 Å². The Kier molecular flexibility index (Phi) is 1.58. The van der Waals surface area contributed by atoms with Crippen LogP contribution in [0, 0.1) is 0 Å². The van der Waals surface area contributed by atoms with Crippen LogP contribution in [0.25, 0.3) is 5.57 Å². The molecule has 1 aromatic rings. The summed E-state index contributed by atoms with van der Waals surface area (Å²) in [5.74, 6) is 0.248. The van der Waals surface area contributed by atoms with Crippen LogP contribution in [0.4, 0.5) is 0 Å². The largest absolute Gasteiger partial charge is 0.294 e. The summed E-state index contributed by atoms with van der Waals surface area (Å²) < 4.78 is 0. The summed E-state index contributed by atoms with van der Waals surface area (Å²) in [7, 11) is 0. The summed E-state index contributed by atoms with van der Waals surface area (Å²) in [4.78, 5) is 11.4. The third-order valence-electron chi connectivity index (χ3n) is 2.26. The Morgan fingerprint density at radius 1 is 1.08 bits per heavy atom. The molecule has 0 saturated carbocycles. The zero-order chi connectivity index (χ0) is 8.55. The zero-order valence-corrected chi connectivity index (χ0v) is 6.84. The molecule has 2 rings (SSSR count). The second kappa shape index (κ2) is 2.59.